The van der Waals surface area contributed by atoms with Crippen molar-refractivity contribution in [2.75, 3.05) is 0 Å². The zero-order chi connectivity index (χ0) is 8.69. The van der Waals surface area contributed by atoms with Gasteiger partial charge in [-0.3, -0.25) is 4.79 Å². The second-order valence-corrected chi connectivity index (χ2v) is 3.09. The maximum absolute atomic E-state index is 10.4. The van der Waals surface area contributed by atoms with Gasteiger partial charge >= 0.3 is 35.5 Å². The van der Waals surface area contributed by atoms with Gasteiger partial charge < -0.3 is 6.53 Å². The molecule has 2 nitrogen and oxygen atoms in total. The summed E-state index contributed by atoms with van der Waals surface area (Å²) >= 11 is 0. The standard InChI is InChI=1S/C9H18O2.Na.H/c1-3-4-5-6-7-8(2)9(10)11;;/h8H,3-7H2,1-2H3,(H,10,11);;/q;+1;-1. The molecule has 0 aromatic carbocycles. The molecule has 3 heteroatoms. The summed E-state index contributed by atoms with van der Waals surface area (Å²) in [4.78, 5) is 10.4. The van der Waals surface area contributed by atoms with E-state index in [4.69, 9.17) is 5.11 Å². The molecule has 0 spiro atoms. The number of unbranched alkanes of at least 4 members (excludes halogenated alkanes) is 3. The van der Waals surface area contributed by atoms with Crippen molar-refractivity contribution in [3.63, 3.8) is 0 Å². The molecule has 0 heterocycles. The molecule has 0 radical (unpaired) electrons. The van der Waals surface area contributed by atoms with E-state index < -0.39 is 5.97 Å². The molecular formula is C9H19NaO2. The summed E-state index contributed by atoms with van der Waals surface area (Å²) in [6, 6.07) is 0. The summed E-state index contributed by atoms with van der Waals surface area (Å²) in [6.07, 6.45) is 5.50. The Hall–Kier alpha value is 0.470. The van der Waals surface area contributed by atoms with E-state index in [0.717, 1.165) is 12.8 Å². The van der Waals surface area contributed by atoms with E-state index in [2.05, 4.69) is 6.92 Å². The molecule has 0 aliphatic rings. The van der Waals surface area contributed by atoms with Crippen molar-refractivity contribution < 1.29 is 40.9 Å². The quantitative estimate of drug-likeness (QED) is 0.456. The van der Waals surface area contributed by atoms with Crippen LogP contribution < -0.4 is 29.6 Å². The second kappa shape index (κ2) is 9.56. The molecule has 0 fully saturated rings. The van der Waals surface area contributed by atoms with Crippen LogP contribution in [0.2, 0.25) is 0 Å². The van der Waals surface area contributed by atoms with Gasteiger partial charge in [0.1, 0.15) is 0 Å². The summed E-state index contributed by atoms with van der Waals surface area (Å²) in [6.45, 7) is 3.93. The molecule has 0 saturated carbocycles. The Morgan fingerprint density at radius 3 is 2.42 bits per heavy atom. The Morgan fingerprint density at radius 2 is 2.00 bits per heavy atom. The van der Waals surface area contributed by atoms with Gasteiger partial charge in [-0.05, 0) is 6.42 Å². The van der Waals surface area contributed by atoms with Gasteiger partial charge in [0, 0.05) is 0 Å². The third-order valence-corrected chi connectivity index (χ3v) is 1.91. The van der Waals surface area contributed by atoms with Crippen LogP contribution in [0.15, 0.2) is 0 Å². The molecule has 0 rings (SSSR count). The minimum absolute atomic E-state index is 0. The third-order valence-electron chi connectivity index (χ3n) is 1.91. The summed E-state index contributed by atoms with van der Waals surface area (Å²) in [5.74, 6) is -0.826. The average Bonchev–Trinajstić information content (AvgIpc) is 1.97. The largest absolute Gasteiger partial charge is 1.00 e. The normalized spacial score (nSPS) is 11.8. The van der Waals surface area contributed by atoms with Gasteiger partial charge in [-0.1, -0.05) is 39.5 Å². The zero-order valence-corrected chi connectivity index (χ0v) is 10.5. The number of carbonyl (C=O) groups is 1. The molecule has 1 unspecified atom stereocenters. The van der Waals surface area contributed by atoms with Crippen molar-refractivity contribution in [2.45, 2.75) is 46.0 Å². The van der Waals surface area contributed by atoms with E-state index in [9.17, 15) is 4.79 Å². The molecule has 0 amide bonds. The molecule has 0 aromatic heterocycles. The monoisotopic (exact) mass is 182 g/mol. The average molecular weight is 182 g/mol. The molecule has 68 valence electrons. The summed E-state index contributed by atoms with van der Waals surface area (Å²) in [5, 5.41) is 8.54. The molecule has 1 atom stereocenters. The first-order valence-electron chi connectivity index (χ1n) is 4.41. The van der Waals surface area contributed by atoms with Gasteiger partial charge in [-0.15, -0.1) is 0 Å². The topological polar surface area (TPSA) is 37.3 Å². The Labute approximate surface area is 98.5 Å². The number of hydrogen-bond donors (Lipinski definition) is 1. The van der Waals surface area contributed by atoms with E-state index >= 15 is 0 Å². The number of rotatable bonds is 6. The van der Waals surface area contributed by atoms with Crippen LogP contribution in [-0.4, -0.2) is 11.1 Å². The molecule has 0 aliphatic heterocycles. The summed E-state index contributed by atoms with van der Waals surface area (Å²) in [5.41, 5.74) is 0. The first-order chi connectivity index (χ1) is 5.18. The molecule has 1 N–H and O–H groups in total. The van der Waals surface area contributed by atoms with Crippen LogP contribution in [-0.2, 0) is 4.79 Å². The zero-order valence-electron chi connectivity index (χ0n) is 9.47. The number of carboxylic acids is 1. The van der Waals surface area contributed by atoms with Crippen molar-refractivity contribution in [2.24, 2.45) is 5.92 Å². The Bertz CT molecular complexity index is 120. The maximum atomic E-state index is 10.4. The Morgan fingerprint density at radius 1 is 1.42 bits per heavy atom. The number of carboxylic acid groups (broad SMARTS) is 1. The third kappa shape index (κ3) is 8.57. The maximum Gasteiger partial charge on any atom is 1.00 e. The van der Waals surface area contributed by atoms with Gasteiger partial charge in [-0.25, -0.2) is 0 Å². The van der Waals surface area contributed by atoms with Crippen LogP contribution in [0.25, 0.3) is 0 Å². The molecule has 12 heavy (non-hydrogen) atoms. The predicted octanol–water partition coefficient (Wildman–Crippen LogP) is -0.206. The first kappa shape index (κ1) is 15.0. The molecule has 0 saturated heterocycles. The van der Waals surface area contributed by atoms with Crippen molar-refractivity contribution in [1.82, 2.24) is 0 Å². The SMILES string of the molecule is CCCCCCC(C)C(=O)O.[H-].[Na+]. The first-order valence-corrected chi connectivity index (χ1v) is 4.41. The summed E-state index contributed by atoms with van der Waals surface area (Å²) in [7, 11) is 0. The van der Waals surface area contributed by atoms with E-state index in [1.54, 1.807) is 6.92 Å². The van der Waals surface area contributed by atoms with Crippen LogP contribution in [0.3, 0.4) is 0 Å². The van der Waals surface area contributed by atoms with Crippen LogP contribution in [0.1, 0.15) is 47.4 Å². The van der Waals surface area contributed by atoms with Crippen LogP contribution in [0.4, 0.5) is 0 Å². The van der Waals surface area contributed by atoms with Gasteiger partial charge in [0.05, 0.1) is 5.92 Å². The minimum Gasteiger partial charge on any atom is -1.00 e. The molecule has 0 bridgehead atoms. The fourth-order valence-electron chi connectivity index (χ4n) is 1.00. The fraction of sp³-hybridized carbons (Fsp3) is 0.889. The number of aliphatic carboxylic acids is 1. The van der Waals surface area contributed by atoms with E-state index in [1.807, 2.05) is 0 Å². The molecular weight excluding hydrogens is 163 g/mol. The number of hydrogen-bond acceptors (Lipinski definition) is 1. The van der Waals surface area contributed by atoms with Gasteiger partial charge in [0.15, 0.2) is 0 Å². The van der Waals surface area contributed by atoms with Crippen LogP contribution in [0.5, 0.6) is 0 Å². The van der Waals surface area contributed by atoms with Crippen LogP contribution in [0, 0.1) is 5.92 Å². The van der Waals surface area contributed by atoms with Crippen molar-refractivity contribution in [3.8, 4) is 0 Å². The summed E-state index contributed by atoms with van der Waals surface area (Å²) < 4.78 is 0. The molecule has 0 aliphatic carbocycles. The van der Waals surface area contributed by atoms with Crippen molar-refractivity contribution >= 4 is 5.97 Å². The van der Waals surface area contributed by atoms with Gasteiger partial charge in [0.2, 0.25) is 0 Å². The Balaban J connectivity index is -0.000000500. The van der Waals surface area contributed by atoms with Gasteiger partial charge in [-0.2, -0.15) is 0 Å². The second-order valence-electron chi connectivity index (χ2n) is 3.09. The van der Waals surface area contributed by atoms with E-state index in [-0.39, 0.29) is 36.9 Å². The van der Waals surface area contributed by atoms with Crippen molar-refractivity contribution in [3.05, 3.63) is 0 Å². The predicted molar refractivity (Wildman–Crippen MR) is 46.7 cm³/mol. The fourth-order valence-corrected chi connectivity index (χ4v) is 1.00. The smallest absolute Gasteiger partial charge is 1.00 e. The van der Waals surface area contributed by atoms with Crippen molar-refractivity contribution in [1.29, 1.82) is 0 Å². The Kier molecular flexibility index (Phi) is 11.9. The van der Waals surface area contributed by atoms with Gasteiger partial charge in [0.25, 0.3) is 0 Å². The van der Waals surface area contributed by atoms with Crippen LogP contribution >= 0.6 is 0 Å². The minimum atomic E-state index is -0.665. The van der Waals surface area contributed by atoms with E-state index in [1.165, 1.54) is 19.3 Å². The van der Waals surface area contributed by atoms with E-state index in [0.29, 0.717) is 0 Å². The molecule has 0 aromatic rings.